The van der Waals surface area contributed by atoms with Crippen LogP contribution in [0.15, 0.2) is 22.5 Å². The molecule has 0 radical (unpaired) electrons. The summed E-state index contributed by atoms with van der Waals surface area (Å²) in [6, 6.07) is 4.05. The molecule has 2 N–H and O–H groups in total. The highest BCUT2D eigenvalue weighted by Gasteiger charge is 2.09. The first-order chi connectivity index (χ1) is 10.9. The van der Waals surface area contributed by atoms with E-state index in [0.29, 0.717) is 15.9 Å². The Bertz CT molecular complexity index is 681. The lowest BCUT2D eigenvalue weighted by Crippen LogP contribution is -2.13. The van der Waals surface area contributed by atoms with Gasteiger partial charge in [-0.2, -0.15) is 0 Å². The fourth-order valence-corrected chi connectivity index (χ4v) is 3.27. The van der Waals surface area contributed by atoms with Gasteiger partial charge in [0.1, 0.15) is 5.82 Å². The van der Waals surface area contributed by atoms with E-state index in [4.69, 9.17) is 11.6 Å². The van der Waals surface area contributed by atoms with Crippen molar-refractivity contribution in [2.75, 3.05) is 22.9 Å². The van der Waals surface area contributed by atoms with Gasteiger partial charge in [0, 0.05) is 12.2 Å². The van der Waals surface area contributed by atoms with Gasteiger partial charge in [-0.15, -0.1) is 10.2 Å². The lowest BCUT2D eigenvalue weighted by Gasteiger charge is -2.05. The maximum atomic E-state index is 13.1. The van der Waals surface area contributed by atoms with E-state index >= 15 is 0 Å². The van der Waals surface area contributed by atoms with Gasteiger partial charge in [-0.1, -0.05) is 48.5 Å². The Morgan fingerprint density at radius 1 is 1.43 bits per heavy atom. The summed E-state index contributed by atoms with van der Waals surface area (Å²) in [7, 11) is 0. The standard InChI is InChI=1S/C14H16ClFN4OS2/c1-8(2)6-17-13-19-20-14(23-13)22-7-12(21)18-9-3-4-11(16)10(15)5-9/h3-5,8H,6-7H2,1-2H3,(H,17,19)(H,18,21). The topological polar surface area (TPSA) is 66.9 Å². The SMILES string of the molecule is CC(C)CNc1nnc(SCC(=O)Nc2ccc(F)c(Cl)c2)s1. The van der Waals surface area contributed by atoms with Crippen molar-refractivity contribution in [2.24, 2.45) is 5.92 Å². The van der Waals surface area contributed by atoms with Crippen LogP contribution in [0.1, 0.15) is 13.8 Å². The molecule has 9 heteroatoms. The lowest BCUT2D eigenvalue weighted by molar-refractivity contribution is -0.113. The predicted molar refractivity (Wildman–Crippen MR) is 94.0 cm³/mol. The summed E-state index contributed by atoms with van der Waals surface area (Å²) in [6.07, 6.45) is 0. The van der Waals surface area contributed by atoms with Crippen LogP contribution in [0.3, 0.4) is 0 Å². The zero-order valence-electron chi connectivity index (χ0n) is 12.6. The van der Waals surface area contributed by atoms with Crippen LogP contribution in [0, 0.1) is 11.7 Å². The number of carbonyl (C=O) groups is 1. The first kappa shape index (κ1) is 18.0. The monoisotopic (exact) mass is 374 g/mol. The second kappa shape index (κ2) is 8.47. The van der Waals surface area contributed by atoms with E-state index < -0.39 is 5.82 Å². The normalized spacial score (nSPS) is 10.8. The lowest BCUT2D eigenvalue weighted by atomic mass is 10.2. The van der Waals surface area contributed by atoms with Crippen molar-refractivity contribution in [3.05, 3.63) is 29.0 Å². The van der Waals surface area contributed by atoms with Crippen LogP contribution < -0.4 is 10.6 Å². The zero-order valence-corrected chi connectivity index (χ0v) is 15.0. The number of aromatic nitrogens is 2. The Hall–Kier alpha value is -1.38. The van der Waals surface area contributed by atoms with Gasteiger partial charge in [-0.05, 0) is 24.1 Å². The second-order valence-corrected chi connectivity index (χ2v) is 7.72. The van der Waals surface area contributed by atoms with Crippen LogP contribution in [-0.4, -0.2) is 28.4 Å². The highest BCUT2D eigenvalue weighted by atomic mass is 35.5. The molecule has 1 aromatic carbocycles. The van der Waals surface area contributed by atoms with Gasteiger partial charge in [0.2, 0.25) is 11.0 Å². The van der Waals surface area contributed by atoms with Crippen molar-refractivity contribution in [1.82, 2.24) is 10.2 Å². The molecule has 1 amide bonds. The third-order valence-corrected chi connectivity index (χ3v) is 4.90. The zero-order chi connectivity index (χ0) is 16.8. The van der Waals surface area contributed by atoms with Crippen molar-refractivity contribution in [3.63, 3.8) is 0 Å². The van der Waals surface area contributed by atoms with Crippen LogP contribution in [0.4, 0.5) is 15.2 Å². The minimum atomic E-state index is -0.519. The van der Waals surface area contributed by atoms with E-state index in [1.54, 1.807) is 0 Å². The van der Waals surface area contributed by atoms with Crippen molar-refractivity contribution in [3.8, 4) is 0 Å². The van der Waals surface area contributed by atoms with Crippen LogP contribution in [0.2, 0.25) is 5.02 Å². The number of hydrogen-bond donors (Lipinski definition) is 2. The highest BCUT2D eigenvalue weighted by Crippen LogP contribution is 2.26. The number of hydrogen-bond acceptors (Lipinski definition) is 6. The van der Waals surface area contributed by atoms with Crippen molar-refractivity contribution < 1.29 is 9.18 Å². The van der Waals surface area contributed by atoms with Crippen molar-refractivity contribution in [2.45, 2.75) is 18.2 Å². The Balaban J connectivity index is 1.81. The van der Waals surface area contributed by atoms with Gasteiger partial charge in [0.15, 0.2) is 4.34 Å². The number of nitrogens with zero attached hydrogens (tertiary/aromatic N) is 2. The van der Waals surface area contributed by atoms with Crippen LogP contribution in [0.5, 0.6) is 0 Å². The fraction of sp³-hybridized carbons (Fsp3) is 0.357. The van der Waals surface area contributed by atoms with Gasteiger partial charge in [0.25, 0.3) is 0 Å². The Labute approximate surface area is 147 Å². The molecule has 0 bridgehead atoms. The van der Waals surface area contributed by atoms with Crippen molar-refractivity contribution >= 4 is 51.4 Å². The molecular formula is C14H16ClFN4OS2. The number of halogens is 2. The van der Waals surface area contributed by atoms with Gasteiger partial charge in [-0.3, -0.25) is 4.79 Å². The smallest absolute Gasteiger partial charge is 0.234 e. The Morgan fingerprint density at radius 3 is 2.91 bits per heavy atom. The van der Waals surface area contributed by atoms with Crippen molar-refractivity contribution in [1.29, 1.82) is 0 Å². The molecule has 2 aromatic rings. The summed E-state index contributed by atoms with van der Waals surface area (Å²) in [5, 5.41) is 14.6. The summed E-state index contributed by atoms with van der Waals surface area (Å²) in [6.45, 7) is 5.04. The molecule has 0 atom stereocenters. The maximum absolute atomic E-state index is 13.1. The van der Waals surface area contributed by atoms with Crippen LogP contribution in [0.25, 0.3) is 0 Å². The predicted octanol–water partition coefficient (Wildman–Crippen LogP) is 4.13. The van der Waals surface area contributed by atoms with Crippen LogP contribution >= 0.6 is 34.7 Å². The molecule has 0 fully saturated rings. The van der Waals surface area contributed by atoms with E-state index in [9.17, 15) is 9.18 Å². The molecule has 0 aliphatic carbocycles. The number of benzene rings is 1. The van der Waals surface area contributed by atoms with Gasteiger partial charge >= 0.3 is 0 Å². The quantitative estimate of drug-likeness (QED) is 0.713. The number of carbonyl (C=O) groups excluding carboxylic acids is 1. The van der Waals surface area contributed by atoms with Gasteiger partial charge in [0.05, 0.1) is 10.8 Å². The summed E-state index contributed by atoms with van der Waals surface area (Å²) in [4.78, 5) is 11.9. The average molecular weight is 375 g/mol. The molecule has 0 saturated carbocycles. The number of nitrogens with one attached hydrogen (secondary N) is 2. The van der Waals surface area contributed by atoms with E-state index in [-0.39, 0.29) is 16.7 Å². The molecule has 0 aliphatic rings. The van der Waals surface area contributed by atoms with Gasteiger partial charge in [-0.25, -0.2) is 4.39 Å². The molecule has 0 saturated heterocycles. The molecule has 124 valence electrons. The van der Waals surface area contributed by atoms with E-state index in [0.717, 1.165) is 11.7 Å². The summed E-state index contributed by atoms with van der Waals surface area (Å²) in [5.41, 5.74) is 0.457. The number of rotatable bonds is 7. The Morgan fingerprint density at radius 2 is 2.22 bits per heavy atom. The van der Waals surface area contributed by atoms with E-state index in [2.05, 4.69) is 34.7 Å². The van der Waals surface area contributed by atoms with Gasteiger partial charge < -0.3 is 10.6 Å². The second-order valence-electron chi connectivity index (χ2n) is 5.11. The fourth-order valence-electron chi connectivity index (χ4n) is 1.53. The van der Waals surface area contributed by atoms with E-state index in [1.807, 2.05) is 0 Å². The summed E-state index contributed by atoms with van der Waals surface area (Å²) < 4.78 is 13.8. The third kappa shape index (κ3) is 5.96. The molecular weight excluding hydrogens is 359 g/mol. The molecule has 1 heterocycles. The minimum absolute atomic E-state index is 0.0274. The number of anilines is 2. The molecule has 23 heavy (non-hydrogen) atoms. The molecule has 1 aromatic heterocycles. The summed E-state index contributed by atoms with van der Waals surface area (Å²) >= 11 is 8.37. The first-order valence-corrected chi connectivity index (χ1v) is 9.07. The number of thioether (sulfide) groups is 1. The highest BCUT2D eigenvalue weighted by molar-refractivity contribution is 8.01. The summed E-state index contributed by atoms with van der Waals surface area (Å²) in [5.74, 6) is -0.0319. The molecule has 2 rings (SSSR count). The Kier molecular flexibility index (Phi) is 6.61. The molecule has 0 spiro atoms. The number of amides is 1. The molecule has 0 aliphatic heterocycles. The van der Waals surface area contributed by atoms with E-state index in [1.165, 1.54) is 41.3 Å². The third-order valence-electron chi connectivity index (χ3n) is 2.60. The average Bonchev–Trinajstić information content (AvgIpc) is 2.95. The molecule has 5 nitrogen and oxygen atoms in total. The van der Waals surface area contributed by atoms with Crippen LogP contribution in [-0.2, 0) is 4.79 Å². The maximum Gasteiger partial charge on any atom is 0.234 e. The minimum Gasteiger partial charge on any atom is -0.360 e. The first-order valence-electron chi connectivity index (χ1n) is 6.89. The molecule has 0 unspecified atom stereocenters. The largest absolute Gasteiger partial charge is 0.360 e.